The van der Waals surface area contributed by atoms with Crippen LogP contribution < -0.4 is 0 Å². The molecular weight excluding hydrogens is 240 g/mol. The summed E-state index contributed by atoms with van der Waals surface area (Å²) in [5, 5.41) is 8.71. The lowest BCUT2D eigenvalue weighted by Crippen LogP contribution is -2.13. The molecule has 0 spiro atoms. The Kier molecular flexibility index (Phi) is 4.28. The summed E-state index contributed by atoms with van der Waals surface area (Å²) in [7, 11) is -3.31. The molecule has 0 saturated heterocycles. The number of carbonyl (C=O) groups is 1. The molecule has 1 aromatic rings. The van der Waals surface area contributed by atoms with Crippen LogP contribution in [0.3, 0.4) is 0 Å². The minimum atomic E-state index is -3.31. The molecule has 0 saturated carbocycles. The van der Waals surface area contributed by atoms with Gasteiger partial charge in [0.1, 0.15) is 0 Å². The molecule has 1 rings (SSSR count). The number of carboxylic acid groups (broad SMARTS) is 1. The molecule has 0 radical (unpaired) electrons. The average molecular weight is 256 g/mol. The highest BCUT2D eigenvalue weighted by Gasteiger charge is 2.17. The maximum Gasteiger partial charge on any atom is 0.335 e. The van der Waals surface area contributed by atoms with Crippen molar-refractivity contribution in [3.8, 4) is 0 Å². The first-order valence-electron chi connectivity index (χ1n) is 5.43. The summed E-state index contributed by atoms with van der Waals surface area (Å²) in [4.78, 5) is 10.8. The molecule has 4 nitrogen and oxygen atoms in total. The van der Waals surface area contributed by atoms with Crippen molar-refractivity contribution in [1.29, 1.82) is 0 Å². The standard InChI is InChI=1S/C12H16O4S/c1-3-9(2)8-17(15,16)11-6-4-10(5-7-11)12(13)14/h4-7,9H,3,8H2,1-2H3,(H,13,14). The molecule has 1 atom stereocenters. The van der Waals surface area contributed by atoms with Crippen LogP contribution in [0.5, 0.6) is 0 Å². The summed E-state index contributed by atoms with van der Waals surface area (Å²) in [6.45, 7) is 3.82. The number of rotatable bonds is 5. The van der Waals surface area contributed by atoms with E-state index in [1.807, 2.05) is 13.8 Å². The van der Waals surface area contributed by atoms with Gasteiger partial charge in [-0.1, -0.05) is 20.3 Å². The molecule has 0 fully saturated rings. The minimum absolute atomic E-state index is 0.0903. The fourth-order valence-corrected chi connectivity index (χ4v) is 3.12. The summed E-state index contributed by atoms with van der Waals surface area (Å²) in [6.07, 6.45) is 0.798. The third kappa shape index (κ3) is 3.56. The summed E-state index contributed by atoms with van der Waals surface area (Å²) < 4.78 is 23.9. The van der Waals surface area contributed by atoms with Gasteiger partial charge in [0.25, 0.3) is 0 Å². The van der Waals surface area contributed by atoms with Gasteiger partial charge in [0, 0.05) is 0 Å². The average Bonchev–Trinajstić information content (AvgIpc) is 2.28. The lowest BCUT2D eigenvalue weighted by molar-refractivity contribution is 0.0697. The van der Waals surface area contributed by atoms with Crippen molar-refractivity contribution in [2.75, 3.05) is 5.75 Å². The number of hydrogen-bond acceptors (Lipinski definition) is 3. The van der Waals surface area contributed by atoms with Gasteiger partial charge in [0.05, 0.1) is 16.2 Å². The molecule has 1 N–H and O–H groups in total. The highest BCUT2D eigenvalue weighted by molar-refractivity contribution is 7.91. The smallest absolute Gasteiger partial charge is 0.335 e. The molecule has 5 heteroatoms. The predicted octanol–water partition coefficient (Wildman–Crippen LogP) is 2.20. The van der Waals surface area contributed by atoms with Gasteiger partial charge in [0.15, 0.2) is 9.84 Å². The molecule has 0 aliphatic carbocycles. The van der Waals surface area contributed by atoms with E-state index in [0.717, 1.165) is 6.42 Å². The van der Waals surface area contributed by atoms with Crippen LogP contribution in [0, 0.1) is 5.92 Å². The van der Waals surface area contributed by atoms with E-state index in [4.69, 9.17) is 5.11 Å². The molecule has 17 heavy (non-hydrogen) atoms. The van der Waals surface area contributed by atoms with Crippen molar-refractivity contribution >= 4 is 15.8 Å². The van der Waals surface area contributed by atoms with Crippen LogP contribution in [0.4, 0.5) is 0 Å². The minimum Gasteiger partial charge on any atom is -0.478 e. The Labute approximate surface area is 101 Å². The number of benzene rings is 1. The highest BCUT2D eigenvalue weighted by Crippen LogP contribution is 2.16. The van der Waals surface area contributed by atoms with Crippen molar-refractivity contribution in [3.05, 3.63) is 29.8 Å². The fraction of sp³-hybridized carbons (Fsp3) is 0.417. The van der Waals surface area contributed by atoms with Crippen molar-refractivity contribution < 1.29 is 18.3 Å². The van der Waals surface area contributed by atoms with E-state index in [1.54, 1.807) is 0 Å². The fourth-order valence-electron chi connectivity index (χ4n) is 1.39. The topological polar surface area (TPSA) is 71.4 Å². The Morgan fingerprint density at radius 1 is 1.29 bits per heavy atom. The third-order valence-corrected chi connectivity index (χ3v) is 4.66. The first-order chi connectivity index (χ1) is 7.86. The Morgan fingerprint density at radius 3 is 2.24 bits per heavy atom. The summed E-state index contributed by atoms with van der Waals surface area (Å²) >= 11 is 0. The van der Waals surface area contributed by atoms with E-state index >= 15 is 0 Å². The molecule has 1 aromatic carbocycles. The maximum atomic E-state index is 11.9. The van der Waals surface area contributed by atoms with Gasteiger partial charge in [-0.2, -0.15) is 0 Å². The number of sulfone groups is 1. The van der Waals surface area contributed by atoms with Crippen molar-refractivity contribution in [2.45, 2.75) is 25.2 Å². The lowest BCUT2D eigenvalue weighted by atomic mass is 10.2. The van der Waals surface area contributed by atoms with Crippen LogP contribution in [-0.2, 0) is 9.84 Å². The molecule has 0 heterocycles. The van der Waals surface area contributed by atoms with Gasteiger partial charge < -0.3 is 5.11 Å². The van der Waals surface area contributed by atoms with Gasteiger partial charge in [-0.05, 0) is 30.2 Å². The second kappa shape index (κ2) is 5.31. The van der Waals surface area contributed by atoms with Crippen molar-refractivity contribution in [2.24, 2.45) is 5.92 Å². The molecule has 0 aromatic heterocycles. The van der Waals surface area contributed by atoms with Gasteiger partial charge >= 0.3 is 5.97 Å². The first kappa shape index (κ1) is 13.7. The normalized spacial score (nSPS) is 13.3. The second-order valence-corrected chi connectivity index (χ2v) is 6.16. The van der Waals surface area contributed by atoms with E-state index in [-0.39, 0.29) is 22.1 Å². The predicted molar refractivity (Wildman–Crippen MR) is 64.9 cm³/mol. The molecule has 1 unspecified atom stereocenters. The lowest BCUT2D eigenvalue weighted by Gasteiger charge is -2.09. The van der Waals surface area contributed by atoms with E-state index in [2.05, 4.69) is 0 Å². The van der Waals surface area contributed by atoms with Gasteiger partial charge in [-0.25, -0.2) is 13.2 Å². The van der Waals surface area contributed by atoms with Crippen molar-refractivity contribution in [1.82, 2.24) is 0 Å². The quantitative estimate of drug-likeness (QED) is 0.876. The van der Waals surface area contributed by atoms with E-state index in [9.17, 15) is 13.2 Å². The number of hydrogen-bond donors (Lipinski definition) is 1. The zero-order chi connectivity index (χ0) is 13.1. The Balaban J connectivity index is 2.96. The summed E-state index contributed by atoms with van der Waals surface area (Å²) in [5.74, 6) is -0.870. The molecule has 0 aliphatic heterocycles. The summed E-state index contributed by atoms with van der Waals surface area (Å²) in [6, 6.07) is 5.32. The first-order valence-corrected chi connectivity index (χ1v) is 7.08. The molecule has 94 valence electrons. The van der Waals surface area contributed by atoms with Crippen molar-refractivity contribution in [3.63, 3.8) is 0 Å². The Morgan fingerprint density at radius 2 is 1.82 bits per heavy atom. The van der Waals surface area contributed by atoms with Crippen LogP contribution in [0.15, 0.2) is 29.2 Å². The zero-order valence-corrected chi connectivity index (χ0v) is 10.7. The molecule has 0 aliphatic rings. The third-order valence-electron chi connectivity index (χ3n) is 2.66. The van der Waals surface area contributed by atoms with E-state index < -0.39 is 15.8 Å². The van der Waals surface area contributed by atoms with Crippen LogP contribution in [0.25, 0.3) is 0 Å². The SMILES string of the molecule is CCC(C)CS(=O)(=O)c1ccc(C(=O)O)cc1. The maximum absolute atomic E-state index is 11.9. The van der Waals surface area contributed by atoms with Crippen LogP contribution in [-0.4, -0.2) is 25.2 Å². The van der Waals surface area contributed by atoms with Gasteiger partial charge in [0.2, 0.25) is 0 Å². The second-order valence-electron chi connectivity index (χ2n) is 4.12. The zero-order valence-electron chi connectivity index (χ0n) is 9.88. The largest absolute Gasteiger partial charge is 0.478 e. The van der Waals surface area contributed by atoms with Gasteiger partial charge in [-0.3, -0.25) is 0 Å². The van der Waals surface area contributed by atoms with E-state index in [1.165, 1.54) is 24.3 Å². The molecule has 0 amide bonds. The van der Waals surface area contributed by atoms with Crippen LogP contribution in [0.2, 0.25) is 0 Å². The molecular formula is C12H16O4S. The number of aromatic carboxylic acids is 1. The van der Waals surface area contributed by atoms with E-state index in [0.29, 0.717) is 0 Å². The monoisotopic (exact) mass is 256 g/mol. The van der Waals surface area contributed by atoms with Crippen LogP contribution in [0.1, 0.15) is 30.6 Å². The van der Waals surface area contributed by atoms with Crippen LogP contribution >= 0.6 is 0 Å². The highest BCUT2D eigenvalue weighted by atomic mass is 32.2. The molecule has 0 bridgehead atoms. The number of carboxylic acids is 1. The van der Waals surface area contributed by atoms with Gasteiger partial charge in [-0.15, -0.1) is 0 Å². The Bertz CT molecular complexity index is 488. The summed E-state index contributed by atoms with van der Waals surface area (Å²) in [5.41, 5.74) is 0.0903. The Hall–Kier alpha value is -1.36.